The summed E-state index contributed by atoms with van der Waals surface area (Å²) in [5, 5.41) is 3.09. The van der Waals surface area contributed by atoms with Crippen molar-refractivity contribution in [3.63, 3.8) is 0 Å². The second-order valence-electron chi connectivity index (χ2n) is 4.39. The van der Waals surface area contributed by atoms with E-state index in [0.29, 0.717) is 13.2 Å². The average molecular weight is 243 g/mol. The van der Waals surface area contributed by atoms with Gasteiger partial charge in [-0.25, -0.2) is 0 Å². The van der Waals surface area contributed by atoms with Crippen molar-refractivity contribution in [1.82, 2.24) is 15.1 Å². The highest BCUT2D eigenvalue weighted by Crippen LogP contribution is 2.02. The normalized spacial score (nSPS) is 17.4. The van der Waals surface area contributed by atoms with E-state index in [9.17, 15) is 4.79 Å². The molecule has 1 saturated heterocycles. The van der Waals surface area contributed by atoms with Crippen LogP contribution in [0.2, 0.25) is 0 Å². The van der Waals surface area contributed by atoms with E-state index in [4.69, 9.17) is 4.74 Å². The van der Waals surface area contributed by atoms with Crippen molar-refractivity contribution in [2.75, 3.05) is 59.5 Å². The maximum atomic E-state index is 11.8. The van der Waals surface area contributed by atoms with Crippen LogP contribution in [0.3, 0.4) is 0 Å². The van der Waals surface area contributed by atoms with Crippen LogP contribution in [0, 0.1) is 0 Å². The van der Waals surface area contributed by atoms with E-state index >= 15 is 0 Å². The lowest BCUT2D eigenvalue weighted by Crippen LogP contribution is -2.50. The molecule has 0 aromatic heterocycles. The molecule has 0 aromatic carbocycles. The molecule has 1 heterocycles. The molecule has 0 radical (unpaired) electrons. The highest BCUT2D eigenvalue weighted by atomic mass is 16.5. The smallest absolute Gasteiger partial charge is 0.236 e. The molecule has 0 spiro atoms. The predicted octanol–water partition coefficient (Wildman–Crippen LogP) is -0.223. The van der Waals surface area contributed by atoms with Gasteiger partial charge in [-0.3, -0.25) is 9.69 Å². The van der Waals surface area contributed by atoms with Crippen molar-refractivity contribution in [3.8, 4) is 0 Å². The lowest BCUT2D eigenvalue weighted by molar-refractivity contribution is -0.132. The fourth-order valence-corrected chi connectivity index (χ4v) is 2.02. The summed E-state index contributed by atoms with van der Waals surface area (Å²) in [7, 11) is 1.66. The van der Waals surface area contributed by atoms with Gasteiger partial charge in [0.15, 0.2) is 0 Å². The molecule has 0 unspecified atom stereocenters. The summed E-state index contributed by atoms with van der Waals surface area (Å²) in [5.41, 5.74) is 0. The molecule has 0 atom stereocenters. The lowest BCUT2D eigenvalue weighted by Gasteiger charge is -2.34. The number of amides is 1. The minimum atomic E-state index is 0.206. The van der Waals surface area contributed by atoms with Crippen LogP contribution >= 0.6 is 0 Å². The standard InChI is InChI=1S/C12H25N3O2/c1-3-5-14-6-8-15(9-7-14)12(16)11-13-4-10-17-2/h13H,3-11H2,1-2H3. The third-order valence-corrected chi connectivity index (χ3v) is 3.02. The van der Waals surface area contributed by atoms with Crippen molar-refractivity contribution in [2.24, 2.45) is 0 Å². The van der Waals surface area contributed by atoms with Crippen molar-refractivity contribution in [2.45, 2.75) is 13.3 Å². The Morgan fingerprint density at radius 3 is 2.59 bits per heavy atom. The van der Waals surface area contributed by atoms with Crippen molar-refractivity contribution < 1.29 is 9.53 Å². The van der Waals surface area contributed by atoms with Crippen molar-refractivity contribution >= 4 is 5.91 Å². The van der Waals surface area contributed by atoms with Gasteiger partial charge >= 0.3 is 0 Å². The topological polar surface area (TPSA) is 44.8 Å². The van der Waals surface area contributed by atoms with Crippen LogP contribution in [0.25, 0.3) is 0 Å². The van der Waals surface area contributed by atoms with Crippen LogP contribution in [-0.2, 0) is 9.53 Å². The number of hydrogen-bond donors (Lipinski definition) is 1. The zero-order chi connectivity index (χ0) is 12.5. The van der Waals surface area contributed by atoms with Gasteiger partial charge in [-0.1, -0.05) is 6.92 Å². The van der Waals surface area contributed by atoms with Gasteiger partial charge in [-0.2, -0.15) is 0 Å². The Morgan fingerprint density at radius 1 is 1.29 bits per heavy atom. The van der Waals surface area contributed by atoms with Crippen molar-refractivity contribution in [3.05, 3.63) is 0 Å². The van der Waals surface area contributed by atoms with Gasteiger partial charge in [-0.05, 0) is 13.0 Å². The number of nitrogens with one attached hydrogen (secondary N) is 1. The average Bonchev–Trinajstić information content (AvgIpc) is 2.36. The van der Waals surface area contributed by atoms with E-state index in [1.165, 1.54) is 6.42 Å². The molecule has 0 aliphatic carbocycles. The molecule has 5 nitrogen and oxygen atoms in total. The SMILES string of the molecule is CCCN1CCN(C(=O)CNCCOC)CC1. The summed E-state index contributed by atoms with van der Waals surface area (Å²) < 4.78 is 4.92. The minimum Gasteiger partial charge on any atom is -0.383 e. The zero-order valence-electron chi connectivity index (χ0n) is 11.1. The number of carbonyl (C=O) groups is 1. The zero-order valence-corrected chi connectivity index (χ0v) is 11.1. The Labute approximate surface area is 104 Å². The maximum absolute atomic E-state index is 11.8. The predicted molar refractivity (Wildman–Crippen MR) is 68.1 cm³/mol. The number of nitrogens with zero attached hydrogens (tertiary/aromatic N) is 2. The van der Waals surface area contributed by atoms with Crippen LogP contribution in [0.15, 0.2) is 0 Å². The van der Waals surface area contributed by atoms with Crippen LogP contribution in [-0.4, -0.2) is 75.2 Å². The third kappa shape index (κ3) is 5.48. The maximum Gasteiger partial charge on any atom is 0.236 e. The Hall–Kier alpha value is -0.650. The molecule has 1 amide bonds. The molecule has 0 bridgehead atoms. The first-order chi connectivity index (χ1) is 8.27. The first kappa shape index (κ1) is 14.4. The van der Waals surface area contributed by atoms with E-state index in [1.807, 2.05) is 4.90 Å². The van der Waals surface area contributed by atoms with Crippen LogP contribution in [0.1, 0.15) is 13.3 Å². The fraction of sp³-hybridized carbons (Fsp3) is 0.917. The van der Waals surface area contributed by atoms with E-state index in [1.54, 1.807) is 7.11 Å². The van der Waals surface area contributed by atoms with Gasteiger partial charge in [0.25, 0.3) is 0 Å². The highest BCUT2D eigenvalue weighted by Gasteiger charge is 2.19. The summed E-state index contributed by atoms with van der Waals surface area (Å²) in [6.07, 6.45) is 1.19. The summed E-state index contributed by atoms with van der Waals surface area (Å²) in [4.78, 5) is 16.2. The minimum absolute atomic E-state index is 0.206. The summed E-state index contributed by atoms with van der Waals surface area (Å²) >= 11 is 0. The molecule has 0 saturated carbocycles. The highest BCUT2D eigenvalue weighted by molar-refractivity contribution is 5.78. The lowest BCUT2D eigenvalue weighted by atomic mass is 10.3. The Morgan fingerprint density at radius 2 is 2.00 bits per heavy atom. The van der Waals surface area contributed by atoms with Crippen LogP contribution < -0.4 is 5.32 Å². The van der Waals surface area contributed by atoms with E-state index < -0.39 is 0 Å². The van der Waals surface area contributed by atoms with E-state index in [0.717, 1.165) is 39.3 Å². The van der Waals surface area contributed by atoms with E-state index in [-0.39, 0.29) is 5.91 Å². The molecule has 100 valence electrons. The summed E-state index contributed by atoms with van der Waals surface area (Å²) in [6.45, 7) is 8.91. The second-order valence-corrected chi connectivity index (χ2v) is 4.39. The molecule has 1 N–H and O–H groups in total. The van der Waals surface area contributed by atoms with E-state index in [2.05, 4.69) is 17.1 Å². The molecule has 17 heavy (non-hydrogen) atoms. The fourth-order valence-electron chi connectivity index (χ4n) is 2.02. The van der Waals surface area contributed by atoms with Gasteiger partial charge in [0.1, 0.15) is 0 Å². The number of carbonyl (C=O) groups excluding carboxylic acids is 1. The van der Waals surface area contributed by atoms with Crippen LogP contribution in [0.4, 0.5) is 0 Å². The van der Waals surface area contributed by atoms with Gasteiger partial charge in [0.05, 0.1) is 13.2 Å². The molecular weight excluding hydrogens is 218 g/mol. The van der Waals surface area contributed by atoms with Crippen LogP contribution in [0.5, 0.6) is 0 Å². The molecule has 1 rings (SSSR count). The number of methoxy groups -OCH3 is 1. The van der Waals surface area contributed by atoms with Gasteiger partial charge < -0.3 is 15.0 Å². The first-order valence-corrected chi connectivity index (χ1v) is 6.47. The molecule has 1 fully saturated rings. The summed E-state index contributed by atoms with van der Waals surface area (Å²) in [5.74, 6) is 0.206. The van der Waals surface area contributed by atoms with Gasteiger partial charge in [-0.15, -0.1) is 0 Å². The second kappa shape index (κ2) is 8.44. The number of ether oxygens (including phenoxy) is 1. The molecule has 5 heteroatoms. The third-order valence-electron chi connectivity index (χ3n) is 3.02. The monoisotopic (exact) mass is 243 g/mol. The Kier molecular flexibility index (Phi) is 7.16. The van der Waals surface area contributed by atoms with Gasteiger partial charge in [0, 0.05) is 39.8 Å². The Bertz CT molecular complexity index is 216. The summed E-state index contributed by atoms with van der Waals surface area (Å²) in [6, 6.07) is 0. The first-order valence-electron chi connectivity index (χ1n) is 6.47. The Balaban J connectivity index is 2.12. The van der Waals surface area contributed by atoms with Crippen molar-refractivity contribution in [1.29, 1.82) is 0 Å². The molecule has 1 aliphatic heterocycles. The number of piperazine rings is 1. The molecular formula is C12H25N3O2. The largest absolute Gasteiger partial charge is 0.383 e. The molecule has 1 aliphatic rings. The molecule has 0 aromatic rings. The number of rotatable bonds is 7. The number of hydrogen-bond acceptors (Lipinski definition) is 4. The quantitative estimate of drug-likeness (QED) is 0.628. The van der Waals surface area contributed by atoms with Gasteiger partial charge in [0.2, 0.25) is 5.91 Å².